The third kappa shape index (κ3) is 4.68. The molecule has 6 nitrogen and oxygen atoms in total. The van der Waals surface area contributed by atoms with E-state index in [0.29, 0.717) is 17.7 Å². The second kappa shape index (κ2) is 8.43. The zero-order valence-electron chi connectivity index (χ0n) is 14.6. The van der Waals surface area contributed by atoms with Crippen LogP contribution in [0.1, 0.15) is 23.9 Å². The molecule has 3 aromatic rings. The standard InChI is InChI=1S/C20H17N3O3S/c1-13(20(25)23-15-7-3-2-6-14(15)12-21)26-19(24)11-10-18-22-16-8-4-5-9-17(16)27-18/h2-9,13H,10-11H2,1H3,(H,23,25)/t13-/m1/s1. The van der Waals surface area contributed by atoms with Gasteiger partial charge in [-0.25, -0.2) is 4.98 Å². The van der Waals surface area contributed by atoms with Gasteiger partial charge in [-0.2, -0.15) is 5.26 Å². The number of para-hydroxylation sites is 2. The second-order valence-corrected chi connectivity index (χ2v) is 6.97. The third-order valence-electron chi connectivity index (χ3n) is 3.86. The number of fused-ring (bicyclic) bond motifs is 1. The van der Waals surface area contributed by atoms with Gasteiger partial charge in [0.15, 0.2) is 6.10 Å². The Morgan fingerprint density at radius 3 is 2.74 bits per heavy atom. The topological polar surface area (TPSA) is 92.1 Å². The molecule has 27 heavy (non-hydrogen) atoms. The lowest BCUT2D eigenvalue weighted by Crippen LogP contribution is -2.30. The normalized spacial score (nSPS) is 11.6. The van der Waals surface area contributed by atoms with Crippen LogP contribution in [-0.2, 0) is 20.7 Å². The molecule has 0 saturated carbocycles. The highest BCUT2D eigenvalue weighted by molar-refractivity contribution is 7.18. The SMILES string of the molecule is C[C@@H](OC(=O)CCc1nc2ccccc2s1)C(=O)Nc1ccccc1C#N. The van der Waals surface area contributed by atoms with Crippen molar-refractivity contribution in [2.75, 3.05) is 5.32 Å². The molecule has 0 aliphatic rings. The number of thiazole rings is 1. The molecule has 7 heteroatoms. The number of amides is 1. The number of hydrogen-bond acceptors (Lipinski definition) is 6. The molecular formula is C20H17N3O3S. The van der Waals surface area contributed by atoms with Gasteiger partial charge in [-0.05, 0) is 31.2 Å². The molecule has 0 aliphatic carbocycles. The van der Waals surface area contributed by atoms with Crippen molar-refractivity contribution in [3.8, 4) is 6.07 Å². The van der Waals surface area contributed by atoms with E-state index in [0.717, 1.165) is 15.2 Å². The summed E-state index contributed by atoms with van der Waals surface area (Å²) in [5.74, 6) is -0.948. The zero-order valence-corrected chi connectivity index (χ0v) is 15.5. The highest BCUT2D eigenvalue weighted by atomic mass is 32.1. The Labute approximate surface area is 160 Å². The van der Waals surface area contributed by atoms with Crippen LogP contribution < -0.4 is 5.32 Å². The largest absolute Gasteiger partial charge is 0.453 e. The third-order valence-corrected chi connectivity index (χ3v) is 4.96. The first-order chi connectivity index (χ1) is 13.1. The van der Waals surface area contributed by atoms with Crippen molar-refractivity contribution in [3.05, 3.63) is 59.1 Å². The van der Waals surface area contributed by atoms with E-state index in [1.807, 2.05) is 30.3 Å². The Hall–Kier alpha value is -3.24. The average molecular weight is 379 g/mol. The first-order valence-electron chi connectivity index (χ1n) is 8.40. The molecular weight excluding hydrogens is 362 g/mol. The average Bonchev–Trinajstić information content (AvgIpc) is 3.09. The first kappa shape index (κ1) is 18.5. The molecule has 0 saturated heterocycles. The van der Waals surface area contributed by atoms with Crippen molar-refractivity contribution in [3.63, 3.8) is 0 Å². The molecule has 0 radical (unpaired) electrons. The minimum atomic E-state index is -0.959. The number of nitrogens with one attached hydrogen (secondary N) is 1. The molecule has 0 fully saturated rings. The van der Waals surface area contributed by atoms with Gasteiger partial charge in [-0.15, -0.1) is 11.3 Å². The van der Waals surface area contributed by atoms with E-state index in [4.69, 9.17) is 10.00 Å². The molecule has 3 rings (SSSR count). The summed E-state index contributed by atoms with van der Waals surface area (Å²) >= 11 is 1.54. The number of aryl methyl sites for hydroxylation is 1. The lowest BCUT2D eigenvalue weighted by Gasteiger charge is -2.14. The summed E-state index contributed by atoms with van der Waals surface area (Å²) < 4.78 is 6.27. The second-order valence-electron chi connectivity index (χ2n) is 5.85. The first-order valence-corrected chi connectivity index (χ1v) is 9.22. The summed E-state index contributed by atoms with van der Waals surface area (Å²) in [4.78, 5) is 28.7. The fraction of sp³-hybridized carbons (Fsp3) is 0.200. The molecule has 1 atom stereocenters. The quantitative estimate of drug-likeness (QED) is 0.660. The fourth-order valence-corrected chi connectivity index (χ4v) is 3.44. The van der Waals surface area contributed by atoms with Crippen LogP contribution in [0.25, 0.3) is 10.2 Å². The predicted molar refractivity (Wildman–Crippen MR) is 103 cm³/mol. The number of nitrogens with zero attached hydrogens (tertiary/aromatic N) is 2. The van der Waals surface area contributed by atoms with Crippen LogP contribution in [0.2, 0.25) is 0 Å². The highest BCUT2D eigenvalue weighted by Gasteiger charge is 2.19. The number of hydrogen-bond donors (Lipinski definition) is 1. The van der Waals surface area contributed by atoms with Crippen molar-refractivity contribution >= 4 is 39.1 Å². The number of carbonyl (C=O) groups excluding carboxylic acids is 2. The number of nitriles is 1. The van der Waals surface area contributed by atoms with Gasteiger partial charge >= 0.3 is 5.97 Å². The minimum absolute atomic E-state index is 0.145. The summed E-state index contributed by atoms with van der Waals surface area (Å²) in [6.45, 7) is 1.50. The van der Waals surface area contributed by atoms with Crippen molar-refractivity contribution in [2.45, 2.75) is 25.9 Å². The van der Waals surface area contributed by atoms with Crippen molar-refractivity contribution in [1.82, 2.24) is 4.98 Å². The Bertz CT molecular complexity index is 989. The number of benzene rings is 2. The minimum Gasteiger partial charge on any atom is -0.453 e. The van der Waals surface area contributed by atoms with E-state index in [9.17, 15) is 9.59 Å². The maximum absolute atomic E-state index is 12.2. The number of rotatable bonds is 6. The van der Waals surface area contributed by atoms with Crippen molar-refractivity contribution in [1.29, 1.82) is 5.26 Å². The summed E-state index contributed by atoms with van der Waals surface area (Å²) in [5.41, 5.74) is 1.65. The van der Waals surface area contributed by atoms with Crippen molar-refractivity contribution in [2.24, 2.45) is 0 Å². The van der Waals surface area contributed by atoms with Gasteiger partial charge in [0.1, 0.15) is 6.07 Å². The molecule has 0 aliphatic heterocycles. The molecule has 0 bridgehead atoms. The number of esters is 1. The van der Waals surface area contributed by atoms with Gasteiger partial charge in [0.2, 0.25) is 0 Å². The van der Waals surface area contributed by atoms with Gasteiger partial charge in [0, 0.05) is 6.42 Å². The van der Waals surface area contributed by atoms with Gasteiger partial charge < -0.3 is 10.1 Å². The van der Waals surface area contributed by atoms with E-state index < -0.39 is 18.0 Å². The lowest BCUT2D eigenvalue weighted by molar-refractivity contribution is -0.153. The maximum atomic E-state index is 12.2. The summed E-state index contributed by atoms with van der Waals surface area (Å²) in [5, 5.41) is 12.5. The number of anilines is 1. The molecule has 1 amide bonds. The van der Waals surface area contributed by atoms with E-state index in [1.165, 1.54) is 6.92 Å². The van der Waals surface area contributed by atoms with Gasteiger partial charge in [0.25, 0.3) is 5.91 Å². The molecule has 1 N–H and O–H groups in total. The molecule has 1 aromatic heterocycles. The maximum Gasteiger partial charge on any atom is 0.306 e. The fourth-order valence-electron chi connectivity index (χ4n) is 2.47. The van der Waals surface area contributed by atoms with Crippen LogP contribution >= 0.6 is 11.3 Å². The number of carbonyl (C=O) groups is 2. The van der Waals surface area contributed by atoms with Gasteiger partial charge in [0.05, 0.1) is 32.9 Å². The van der Waals surface area contributed by atoms with Crippen molar-refractivity contribution < 1.29 is 14.3 Å². The van der Waals surface area contributed by atoms with E-state index in [1.54, 1.807) is 35.6 Å². The molecule has 0 unspecified atom stereocenters. The summed E-state index contributed by atoms with van der Waals surface area (Å²) in [6, 6.07) is 16.4. The van der Waals surface area contributed by atoms with Crippen LogP contribution in [0, 0.1) is 11.3 Å². The van der Waals surface area contributed by atoms with E-state index >= 15 is 0 Å². The van der Waals surface area contributed by atoms with E-state index in [-0.39, 0.29) is 6.42 Å². The Kier molecular flexibility index (Phi) is 5.79. The van der Waals surface area contributed by atoms with Crippen LogP contribution in [0.3, 0.4) is 0 Å². The smallest absolute Gasteiger partial charge is 0.306 e. The molecule has 0 spiro atoms. The predicted octanol–water partition coefficient (Wildman–Crippen LogP) is 3.67. The Morgan fingerprint density at radius 1 is 1.22 bits per heavy atom. The van der Waals surface area contributed by atoms with Crippen LogP contribution in [-0.4, -0.2) is 23.0 Å². The number of aromatic nitrogens is 1. The molecule has 136 valence electrons. The van der Waals surface area contributed by atoms with Gasteiger partial charge in [-0.1, -0.05) is 24.3 Å². The summed E-state index contributed by atoms with van der Waals surface area (Å²) in [7, 11) is 0. The van der Waals surface area contributed by atoms with E-state index in [2.05, 4.69) is 10.3 Å². The molecule has 1 heterocycles. The van der Waals surface area contributed by atoms with Crippen LogP contribution in [0.15, 0.2) is 48.5 Å². The Balaban J connectivity index is 1.52. The van der Waals surface area contributed by atoms with Gasteiger partial charge in [-0.3, -0.25) is 9.59 Å². The van der Waals surface area contributed by atoms with Crippen LogP contribution in [0.4, 0.5) is 5.69 Å². The zero-order chi connectivity index (χ0) is 19.2. The monoisotopic (exact) mass is 379 g/mol. The lowest BCUT2D eigenvalue weighted by atomic mass is 10.2. The summed E-state index contributed by atoms with van der Waals surface area (Å²) in [6.07, 6.45) is -0.352. The Morgan fingerprint density at radius 2 is 1.96 bits per heavy atom. The van der Waals surface area contributed by atoms with Crippen LogP contribution in [0.5, 0.6) is 0 Å². The highest BCUT2D eigenvalue weighted by Crippen LogP contribution is 2.22. The molecule has 2 aromatic carbocycles. The number of ether oxygens (including phenoxy) is 1.